The predicted molar refractivity (Wildman–Crippen MR) is 71.2 cm³/mol. The van der Waals surface area contributed by atoms with E-state index < -0.39 is 10.6 Å². The van der Waals surface area contributed by atoms with Gasteiger partial charge in [0.2, 0.25) is 0 Å². The van der Waals surface area contributed by atoms with Crippen molar-refractivity contribution in [3.63, 3.8) is 0 Å². The normalized spacial score (nSPS) is 10.8. The molecule has 8 nitrogen and oxygen atoms in total. The highest BCUT2D eigenvalue weighted by atomic mass is 35.5. The van der Waals surface area contributed by atoms with Crippen molar-refractivity contribution in [1.29, 1.82) is 0 Å². The zero-order chi connectivity index (χ0) is 14.3. The van der Waals surface area contributed by atoms with Gasteiger partial charge in [0.05, 0.1) is 10.6 Å². The van der Waals surface area contributed by atoms with Gasteiger partial charge in [0.1, 0.15) is 11.8 Å². The van der Waals surface area contributed by atoms with E-state index in [4.69, 9.17) is 11.6 Å². The highest BCUT2D eigenvalue weighted by molar-refractivity contribution is 6.33. The number of non-ortho nitro benzene ring substituents is 1. The van der Waals surface area contributed by atoms with E-state index in [0.717, 1.165) is 0 Å². The van der Waals surface area contributed by atoms with Gasteiger partial charge in [0, 0.05) is 12.1 Å². The van der Waals surface area contributed by atoms with Gasteiger partial charge in [0.25, 0.3) is 5.69 Å². The molecule has 0 bridgehead atoms. The first kappa shape index (κ1) is 12.3. The minimum atomic E-state index is -0.516. The number of halogens is 1. The van der Waals surface area contributed by atoms with Gasteiger partial charge < -0.3 is 0 Å². The third-order valence-corrected chi connectivity index (χ3v) is 3.02. The van der Waals surface area contributed by atoms with Crippen LogP contribution in [-0.2, 0) is 0 Å². The Morgan fingerprint density at radius 2 is 1.95 bits per heavy atom. The molecule has 2 aromatic heterocycles. The maximum atomic E-state index is 12.0. The lowest BCUT2D eigenvalue weighted by atomic mass is 10.3. The number of aromatic amines is 1. The molecule has 0 saturated carbocycles. The molecule has 0 spiro atoms. The van der Waals surface area contributed by atoms with Crippen LogP contribution in [0.2, 0.25) is 5.15 Å². The summed E-state index contributed by atoms with van der Waals surface area (Å²) in [6.45, 7) is 0. The molecular weight excluding hydrogens is 286 g/mol. The number of fused-ring (bicyclic) bond motifs is 1. The van der Waals surface area contributed by atoms with Crippen LogP contribution in [0.5, 0.6) is 0 Å². The third kappa shape index (κ3) is 1.82. The molecule has 0 unspecified atom stereocenters. The second-order valence-corrected chi connectivity index (χ2v) is 4.26. The van der Waals surface area contributed by atoms with Crippen molar-refractivity contribution in [3.05, 3.63) is 56.3 Å². The van der Waals surface area contributed by atoms with E-state index in [0.29, 0.717) is 16.9 Å². The molecule has 1 N–H and O–H groups in total. The smallest absolute Gasteiger partial charge is 0.290 e. The van der Waals surface area contributed by atoms with Crippen molar-refractivity contribution in [1.82, 2.24) is 19.5 Å². The standard InChI is InChI=1S/C11H6ClN5O3/c12-9-8-10(14-5-13-9)15-11(18)16(8)6-1-3-7(4-2-6)17(19)20/h1-5H,(H,13,14,15,18). The summed E-state index contributed by atoms with van der Waals surface area (Å²) in [5.41, 5.74) is 0.546. The van der Waals surface area contributed by atoms with E-state index in [2.05, 4.69) is 15.0 Å². The first-order chi connectivity index (χ1) is 9.58. The molecule has 0 aliphatic heterocycles. The number of rotatable bonds is 2. The van der Waals surface area contributed by atoms with E-state index in [1.807, 2.05) is 0 Å². The zero-order valence-corrected chi connectivity index (χ0v) is 10.5. The van der Waals surface area contributed by atoms with Crippen LogP contribution >= 0.6 is 11.6 Å². The maximum absolute atomic E-state index is 12.0. The third-order valence-electron chi connectivity index (χ3n) is 2.75. The van der Waals surface area contributed by atoms with Crippen LogP contribution in [0, 0.1) is 10.1 Å². The lowest BCUT2D eigenvalue weighted by Crippen LogP contribution is -2.14. The molecule has 0 aliphatic rings. The summed E-state index contributed by atoms with van der Waals surface area (Å²) in [6.07, 6.45) is 1.24. The zero-order valence-electron chi connectivity index (χ0n) is 9.78. The van der Waals surface area contributed by atoms with E-state index in [9.17, 15) is 14.9 Å². The molecule has 0 radical (unpaired) electrons. The number of benzene rings is 1. The Morgan fingerprint density at radius 1 is 1.25 bits per heavy atom. The quantitative estimate of drug-likeness (QED) is 0.439. The molecule has 3 aromatic rings. The maximum Gasteiger partial charge on any atom is 0.332 e. The average Bonchev–Trinajstić information content (AvgIpc) is 2.76. The number of aromatic nitrogens is 4. The number of imidazole rings is 1. The lowest BCUT2D eigenvalue weighted by molar-refractivity contribution is -0.384. The van der Waals surface area contributed by atoms with Crippen molar-refractivity contribution in [3.8, 4) is 5.69 Å². The summed E-state index contributed by atoms with van der Waals surface area (Å²) >= 11 is 5.97. The summed E-state index contributed by atoms with van der Waals surface area (Å²) in [6, 6.07) is 5.52. The van der Waals surface area contributed by atoms with Gasteiger partial charge in [-0.1, -0.05) is 11.6 Å². The van der Waals surface area contributed by atoms with Gasteiger partial charge in [-0.3, -0.25) is 19.7 Å². The highest BCUT2D eigenvalue weighted by Crippen LogP contribution is 2.21. The molecule has 0 fully saturated rings. The van der Waals surface area contributed by atoms with Crippen LogP contribution in [0.1, 0.15) is 0 Å². The first-order valence-electron chi connectivity index (χ1n) is 5.44. The van der Waals surface area contributed by atoms with Gasteiger partial charge in [-0.05, 0) is 12.1 Å². The number of nitro benzene ring substituents is 1. The highest BCUT2D eigenvalue weighted by Gasteiger charge is 2.14. The molecule has 1 aromatic carbocycles. The second kappa shape index (κ2) is 4.42. The van der Waals surface area contributed by atoms with Crippen LogP contribution in [0.25, 0.3) is 16.9 Å². The molecule has 9 heteroatoms. The Bertz CT molecular complexity index is 868. The second-order valence-electron chi connectivity index (χ2n) is 3.90. The molecule has 100 valence electrons. The minimum Gasteiger partial charge on any atom is -0.290 e. The van der Waals surface area contributed by atoms with Crippen molar-refractivity contribution in [2.75, 3.05) is 0 Å². The topological polar surface area (TPSA) is 107 Å². The van der Waals surface area contributed by atoms with E-state index >= 15 is 0 Å². The molecule has 20 heavy (non-hydrogen) atoms. The van der Waals surface area contributed by atoms with Crippen molar-refractivity contribution >= 4 is 28.5 Å². The van der Waals surface area contributed by atoms with E-state index in [1.165, 1.54) is 35.2 Å². The first-order valence-corrected chi connectivity index (χ1v) is 5.82. The van der Waals surface area contributed by atoms with Gasteiger partial charge in [-0.25, -0.2) is 14.8 Å². The van der Waals surface area contributed by atoms with Crippen LogP contribution in [-0.4, -0.2) is 24.4 Å². The Kier molecular flexibility index (Phi) is 2.72. The van der Waals surface area contributed by atoms with Gasteiger partial charge in [0.15, 0.2) is 10.8 Å². The largest absolute Gasteiger partial charge is 0.332 e. The Labute approximate surface area is 115 Å². The molecule has 3 rings (SSSR count). The molecule has 0 aliphatic carbocycles. The molecular formula is C11H6ClN5O3. The number of H-pyrrole nitrogens is 1. The Hall–Kier alpha value is -2.74. The van der Waals surface area contributed by atoms with Crippen molar-refractivity contribution in [2.24, 2.45) is 0 Å². The van der Waals surface area contributed by atoms with Gasteiger partial charge in [-0.15, -0.1) is 0 Å². The van der Waals surface area contributed by atoms with Crippen LogP contribution in [0.3, 0.4) is 0 Å². The number of hydrogen-bond donors (Lipinski definition) is 1. The number of nitrogens with one attached hydrogen (secondary N) is 1. The number of hydrogen-bond acceptors (Lipinski definition) is 5. The predicted octanol–water partition coefficient (Wildman–Crippen LogP) is 1.67. The number of nitro groups is 1. The fraction of sp³-hybridized carbons (Fsp3) is 0. The average molecular weight is 292 g/mol. The van der Waals surface area contributed by atoms with Crippen LogP contribution in [0.4, 0.5) is 5.69 Å². The Morgan fingerprint density at radius 3 is 2.60 bits per heavy atom. The van der Waals surface area contributed by atoms with Crippen LogP contribution < -0.4 is 5.69 Å². The fourth-order valence-corrected chi connectivity index (χ4v) is 2.09. The fourth-order valence-electron chi connectivity index (χ4n) is 1.88. The molecule has 2 heterocycles. The number of nitrogens with zero attached hydrogens (tertiary/aromatic N) is 4. The summed E-state index contributed by atoms with van der Waals surface area (Å²) in [7, 11) is 0. The van der Waals surface area contributed by atoms with Gasteiger partial charge in [-0.2, -0.15) is 0 Å². The molecule has 0 amide bonds. The molecule has 0 atom stereocenters. The SMILES string of the molecule is O=c1[nH]c2ncnc(Cl)c2n1-c1ccc([N+](=O)[O-])cc1. The van der Waals surface area contributed by atoms with Crippen molar-refractivity contribution in [2.45, 2.75) is 0 Å². The summed E-state index contributed by atoms with van der Waals surface area (Å²) in [5, 5.41) is 10.7. The van der Waals surface area contributed by atoms with Gasteiger partial charge >= 0.3 is 5.69 Å². The van der Waals surface area contributed by atoms with Crippen molar-refractivity contribution < 1.29 is 4.92 Å². The lowest BCUT2D eigenvalue weighted by Gasteiger charge is -2.03. The monoisotopic (exact) mass is 291 g/mol. The minimum absolute atomic E-state index is 0.0658. The van der Waals surface area contributed by atoms with Crippen LogP contribution in [0.15, 0.2) is 35.4 Å². The van der Waals surface area contributed by atoms with E-state index in [-0.39, 0.29) is 10.8 Å². The summed E-state index contributed by atoms with van der Waals surface area (Å²) in [5.74, 6) is 0. The van der Waals surface area contributed by atoms with E-state index in [1.54, 1.807) is 0 Å². The summed E-state index contributed by atoms with van der Waals surface area (Å²) in [4.78, 5) is 32.3. The Balaban J connectivity index is 2.26. The summed E-state index contributed by atoms with van der Waals surface area (Å²) < 4.78 is 1.27. The molecule has 0 saturated heterocycles.